The number of aromatic nitrogens is 3. The normalized spacial score (nSPS) is 25.1. The Labute approximate surface area is 122 Å². The molecule has 0 radical (unpaired) electrons. The van der Waals surface area contributed by atoms with Crippen molar-refractivity contribution >= 4 is 33.3 Å². The number of halogens is 1. The molecule has 9 heteroatoms. The number of nitrogens with one attached hydrogen (secondary N) is 1. The molecular weight excluding hydrogens is 302 g/mol. The molecule has 110 valence electrons. The Bertz CT molecular complexity index is 603. The van der Waals surface area contributed by atoms with Gasteiger partial charge in [0.25, 0.3) is 0 Å². The van der Waals surface area contributed by atoms with Crippen molar-refractivity contribution in [2.45, 2.75) is 25.3 Å². The van der Waals surface area contributed by atoms with Crippen molar-refractivity contribution in [2.75, 3.05) is 34.8 Å². The third kappa shape index (κ3) is 3.12. The Morgan fingerprint density at radius 1 is 1.20 bits per heavy atom. The Kier molecular flexibility index (Phi) is 3.68. The van der Waals surface area contributed by atoms with Crippen LogP contribution < -0.4 is 10.2 Å². The highest BCUT2D eigenvalue weighted by molar-refractivity contribution is 7.91. The standard InChI is InChI=1S/C11H16ClN5O2S/c12-9-14-10(13-8-3-6-20(18,19)7-8)16-11(15-9)17-4-1-2-5-17/h8H,1-7H2,(H,13,14,15,16). The first-order valence-electron chi connectivity index (χ1n) is 6.65. The second-order valence-electron chi connectivity index (χ2n) is 5.17. The molecular formula is C11H16ClN5O2S. The van der Waals surface area contributed by atoms with E-state index in [2.05, 4.69) is 25.2 Å². The Hall–Kier alpha value is -1.15. The summed E-state index contributed by atoms with van der Waals surface area (Å²) >= 11 is 5.92. The molecule has 2 fully saturated rings. The van der Waals surface area contributed by atoms with Crippen LogP contribution in [-0.2, 0) is 9.84 Å². The molecule has 7 nitrogen and oxygen atoms in total. The molecule has 3 heterocycles. The lowest BCUT2D eigenvalue weighted by molar-refractivity contribution is 0.602. The maximum absolute atomic E-state index is 11.4. The first kappa shape index (κ1) is 13.8. The average molecular weight is 318 g/mol. The molecule has 3 rings (SSSR count). The minimum atomic E-state index is -2.93. The molecule has 0 bridgehead atoms. The number of rotatable bonds is 3. The predicted octanol–water partition coefficient (Wildman–Crippen LogP) is 0.724. The molecule has 1 unspecified atom stereocenters. The third-order valence-corrected chi connectivity index (χ3v) is 5.49. The highest BCUT2D eigenvalue weighted by Gasteiger charge is 2.28. The van der Waals surface area contributed by atoms with E-state index in [1.165, 1.54) is 0 Å². The van der Waals surface area contributed by atoms with Gasteiger partial charge >= 0.3 is 0 Å². The molecule has 0 aliphatic carbocycles. The molecule has 1 aromatic heterocycles. The van der Waals surface area contributed by atoms with E-state index in [4.69, 9.17) is 11.6 Å². The number of sulfone groups is 1. The monoisotopic (exact) mass is 317 g/mol. The van der Waals surface area contributed by atoms with Crippen LogP contribution in [0.2, 0.25) is 5.28 Å². The first-order chi connectivity index (χ1) is 9.52. The fraction of sp³-hybridized carbons (Fsp3) is 0.727. The van der Waals surface area contributed by atoms with Gasteiger partial charge in [-0.1, -0.05) is 0 Å². The van der Waals surface area contributed by atoms with Gasteiger partial charge in [0.05, 0.1) is 11.5 Å². The van der Waals surface area contributed by atoms with Gasteiger partial charge in [-0.05, 0) is 30.9 Å². The van der Waals surface area contributed by atoms with E-state index in [9.17, 15) is 8.42 Å². The molecule has 0 amide bonds. The van der Waals surface area contributed by atoms with Crippen LogP contribution in [0.25, 0.3) is 0 Å². The molecule has 1 aromatic rings. The minimum Gasteiger partial charge on any atom is -0.350 e. The number of nitrogens with zero attached hydrogens (tertiary/aromatic N) is 4. The molecule has 2 aliphatic heterocycles. The van der Waals surface area contributed by atoms with E-state index < -0.39 is 9.84 Å². The molecule has 0 aromatic carbocycles. The van der Waals surface area contributed by atoms with Crippen LogP contribution in [0.1, 0.15) is 19.3 Å². The Balaban J connectivity index is 1.76. The van der Waals surface area contributed by atoms with Crippen molar-refractivity contribution in [1.29, 1.82) is 0 Å². The summed E-state index contributed by atoms with van der Waals surface area (Å²) in [5.41, 5.74) is 0. The highest BCUT2D eigenvalue weighted by Crippen LogP contribution is 2.20. The Morgan fingerprint density at radius 2 is 1.95 bits per heavy atom. The number of anilines is 2. The summed E-state index contributed by atoms with van der Waals surface area (Å²) in [6.07, 6.45) is 2.81. The van der Waals surface area contributed by atoms with E-state index in [0.29, 0.717) is 18.3 Å². The lowest BCUT2D eigenvalue weighted by atomic mass is 10.3. The molecule has 1 N–H and O–H groups in total. The van der Waals surface area contributed by atoms with Gasteiger partial charge in [-0.3, -0.25) is 0 Å². The average Bonchev–Trinajstić information content (AvgIpc) is 2.98. The zero-order valence-corrected chi connectivity index (χ0v) is 12.5. The quantitative estimate of drug-likeness (QED) is 0.879. The van der Waals surface area contributed by atoms with Crippen LogP contribution in [0, 0.1) is 0 Å². The second kappa shape index (κ2) is 5.33. The van der Waals surface area contributed by atoms with Gasteiger partial charge in [0.1, 0.15) is 0 Å². The fourth-order valence-corrected chi connectivity index (χ4v) is 4.38. The van der Waals surface area contributed by atoms with Crippen molar-refractivity contribution < 1.29 is 8.42 Å². The molecule has 0 spiro atoms. The van der Waals surface area contributed by atoms with Crippen molar-refractivity contribution in [3.63, 3.8) is 0 Å². The van der Waals surface area contributed by atoms with Crippen molar-refractivity contribution in [3.8, 4) is 0 Å². The van der Waals surface area contributed by atoms with Gasteiger partial charge in [-0.25, -0.2) is 8.42 Å². The van der Waals surface area contributed by atoms with E-state index in [1.807, 2.05) is 0 Å². The summed E-state index contributed by atoms with van der Waals surface area (Å²) in [4.78, 5) is 14.6. The highest BCUT2D eigenvalue weighted by atomic mass is 35.5. The molecule has 1 atom stereocenters. The van der Waals surface area contributed by atoms with Gasteiger partial charge in [0.15, 0.2) is 9.84 Å². The summed E-state index contributed by atoms with van der Waals surface area (Å²) in [5.74, 6) is 1.25. The lowest BCUT2D eigenvalue weighted by Gasteiger charge is -2.17. The van der Waals surface area contributed by atoms with Crippen LogP contribution >= 0.6 is 11.6 Å². The largest absolute Gasteiger partial charge is 0.350 e. The van der Waals surface area contributed by atoms with Crippen LogP contribution in [0.5, 0.6) is 0 Å². The summed E-state index contributed by atoms with van der Waals surface area (Å²) < 4.78 is 22.9. The lowest BCUT2D eigenvalue weighted by Crippen LogP contribution is -2.25. The van der Waals surface area contributed by atoms with E-state index in [-0.39, 0.29) is 22.8 Å². The molecule has 0 saturated carbocycles. The maximum Gasteiger partial charge on any atom is 0.231 e. The van der Waals surface area contributed by atoms with Crippen molar-refractivity contribution in [3.05, 3.63) is 5.28 Å². The van der Waals surface area contributed by atoms with Crippen LogP contribution in [-0.4, -0.2) is 54.0 Å². The van der Waals surface area contributed by atoms with Crippen LogP contribution in [0.15, 0.2) is 0 Å². The molecule has 20 heavy (non-hydrogen) atoms. The zero-order valence-electron chi connectivity index (χ0n) is 10.9. The summed E-state index contributed by atoms with van der Waals surface area (Å²) in [7, 11) is -2.93. The smallest absolute Gasteiger partial charge is 0.231 e. The number of hydrogen-bond acceptors (Lipinski definition) is 7. The maximum atomic E-state index is 11.4. The topological polar surface area (TPSA) is 88.1 Å². The Morgan fingerprint density at radius 3 is 2.60 bits per heavy atom. The fourth-order valence-electron chi connectivity index (χ4n) is 2.55. The van der Waals surface area contributed by atoms with Gasteiger partial charge in [-0.15, -0.1) is 0 Å². The van der Waals surface area contributed by atoms with Gasteiger partial charge in [0.2, 0.25) is 17.2 Å². The minimum absolute atomic E-state index is 0.120. The molecule has 2 aliphatic rings. The van der Waals surface area contributed by atoms with Crippen molar-refractivity contribution in [2.24, 2.45) is 0 Å². The summed E-state index contributed by atoms with van der Waals surface area (Å²) in [6, 6.07) is -0.148. The van der Waals surface area contributed by atoms with E-state index in [0.717, 1.165) is 25.9 Å². The SMILES string of the molecule is O=S1(=O)CCC(Nc2nc(Cl)nc(N3CCCC3)n2)C1. The zero-order chi connectivity index (χ0) is 14.2. The van der Waals surface area contributed by atoms with E-state index >= 15 is 0 Å². The van der Waals surface area contributed by atoms with Crippen LogP contribution in [0.4, 0.5) is 11.9 Å². The van der Waals surface area contributed by atoms with Gasteiger partial charge in [-0.2, -0.15) is 15.0 Å². The third-order valence-electron chi connectivity index (χ3n) is 3.55. The summed E-state index contributed by atoms with van der Waals surface area (Å²) in [5, 5.41) is 3.18. The second-order valence-corrected chi connectivity index (χ2v) is 7.73. The predicted molar refractivity (Wildman–Crippen MR) is 77.0 cm³/mol. The number of hydrogen-bond donors (Lipinski definition) is 1. The molecule has 2 saturated heterocycles. The summed E-state index contributed by atoms with van der Waals surface area (Å²) in [6.45, 7) is 1.83. The van der Waals surface area contributed by atoms with Gasteiger partial charge < -0.3 is 10.2 Å². The first-order valence-corrected chi connectivity index (χ1v) is 8.85. The van der Waals surface area contributed by atoms with Crippen molar-refractivity contribution in [1.82, 2.24) is 15.0 Å². The van der Waals surface area contributed by atoms with Gasteiger partial charge in [0, 0.05) is 19.1 Å². The van der Waals surface area contributed by atoms with E-state index in [1.54, 1.807) is 0 Å². The van der Waals surface area contributed by atoms with Crippen LogP contribution in [0.3, 0.4) is 0 Å².